The van der Waals surface area contributed by atoms with Gasteiger partial charge in [-0.25, -0.2) is 19.1 Å². The maximum atomic E-state index is 3.64. The molecule has 0 N–H and O–H groups in total. The Morgan fingerprint density at radius 2 is 1.44 bits per heavy atom. The fourth-order valence-corrected chi connectivity index (χ4v) is 0. The third-order valence-corrected chi connectivity index (χ3v) is 0.236. The van der Waals surface area contributed by atoms with Gasteiger partial charge in [0.25, 0.3) is 0 Å². The molecule has 0 aromatic rings. The first-order valence-electron chi connectivity index (χ1n) is 2.88. The summed E-state index contributed by atoms with van der Waals surface area (Å²) in [6, 6.07) is 0. The minimum atomic E-state index is 0. The van der Waals surface area contributed by atoms with Crippen molar-refractivity contribution in [1.29, 1.82) is 0 Å². The van der Waals surface area contributed by atoms with Crippen molar-refractivity contribution in [1.82, 2.24) is 0 Å². The minimum Gasteiger partial charge on any atom is -0.341 e. The third-order valence-electron chi connectivity index (χ3n) is 0.236. The second-order valence-corrected chi connectivity index (χ2v) is 1.96. The second kappa shape index (κ2) is 15.8. The number of rotatable bonds is 0. The van der Waals surface area contributed by atoms with E-state index in [-0.39, 0.29) is 23.1 Å². The molecule has 0 saturated carbocycles. The van der Waals surface area contributed by atoms with E-state index in [1.165, 1.54) is 0 Å². The quantitative estimate of drug-likeness (QED) is 0.355. The molecule has 0 aliphatic rings. The van der Waals surface area contributed by atoms with Crippen molar-refractivity contribution in [2.75, 3.05) is 0 Å². The van der Waals surface area contributed by atoms with Crippen LogP contribution in [0.2, 0.25) is 0 Å². The molecule has 0 radical (unpaired) electrons. The molecule has 0 aromatic heterocycles. The van der Waals surface area contributed by atoms with Gasteiger partial charge in [0.05, 0.1) is 0 Å². The van der Waals surface area contributed by atoms with E-state index in [4.69, 9.17) is 0 Å². The first-order valence-corrected chi connectivity index (χ1v) is 2.88. The van der Waals surface area contributed by atoms with Gasteiger partial charge in [-0.3, -0.25) is 0 Å². The molecule has 0 atom stereocenters. The van der Waals surface area contributed by atoms with E-state index in [2.05, 4.69) is 27.7 Å². The standard InChI is InChI=1S/C4H9.C4H7.Mg/c1-4(2)3;1-3-4-2;/h4H,1H2,2-3H3;3-4H,1H2,2H3;/q2*-1;+2. The van der Waals surface area contributed by atoms with Crippen LogP contribution in [0.15, 0.2) is 12.2 Å². The van der Waals surface area contributed by atoms with Crippen molar-refractivity contribution in [2.45, 2.75) is 20.8 Å². The van der Waals surface area contributed by atoms with E-state index in [9.17, 15) is 0 Å². The molecule has 0 unspecified atom stereocenters. The van der Waals surface area contributed by atoms with Crippen molar-refractivity contribution in [2.24, 2.45) is 5.92 Å². The Balaban J connectivity index is -0.0000000720. The summed E-state index contributed by atoms with van der Waals surface area (Å²) >= 11 is 0. The molecule has 0 heterocycles. The van der Waals surface area contributed by atoms with Crippen LogP contribution in [0.25, 0.3) is 0 Å². The summed E-state index contributed by atoms with van der Waals surface area (Å²) in [6.07, 6.45) is 3.64. The van der Waals surface area contributed by atoms with Crippen LogP contribution in [0.4, 0.5) is 0 Å². The Morgan fingerprint density at radius 1 is 1.33 bits per heavy atom. The van der Waals surface area contributed by atoms with Crippen molar-refractivity contribution in [3.63, 3.8) is 0 Å². The molecule has 0 saturated heterocycles. The molecule has 0 aliphatic heterocycles. The monoisotopic (exact) mass is 136 g/mol. The van der Waals surface area contributed by atoms with Gasteiger partial charge in [0, 0.05) is 0 Å². The van der Waals surface area contributed by atoms with Gasteiger partial charge in [-0.1, -0.05) is 13.8 Å². The van der Waals surface area contributed by atoms with E-state index < -0.39 is 0 Å². The molecule has 0 aliphatic carbocycles. The van der Waals surface area contributed by atoms with Crippen LogP contribution in [-0.2, 0) is 0 Å². The second-order valence-electron chi connectivity index (χ2n) is 1.96. The van der Waals surface area contributed by atoms with Crippen molar-refractivity contribution >= 4 is 23.1 Å². The SMILES string of the molecule is [CH2-]C(C)C.[CH2-]C=CC.[Mg+2]. The molecule has 0 spiro atoms. The van der Waals surface area contributed by atoms with Gasteiger partial charge < -0.3 is 6.92 Å². The van der Waals surface area contributed by atoms with E-state index in [1.807, 2.05) is 13.0 Å². The molecular weight excluding hydrogens is 120 g/mol. The van der Waals surface area contributed by atoms with Gasteiger partial charge in [0.1, 0.15) is 0 Å². The summed E-state index contributed by atoms with van der Waals surface area (Å²) in [4.78, 5) is 0. The zero-order valence-electron chi connectivity index (χ0n) is 6.85. The van der Waals surface area contributed by atoms with Crippen LogP contribution in [0, 0.1) is 19.8 Å². The fourth-order valence-electron chi connectivity index (χ4n) is 0. The van der Waals surface area contributed by atoms with Gasteiger partial charge in [-0.15, -0.1) is 6.92 Å². The smallest absolute Gasteiger partial charge is 0.341 e. The molecule has 0 fully saturated rings. The van der Waals surface area contributed by atoms with Crippen LogP contribution in [0.5, 0.6) is 0 Å². The maximum absolute atomic E-state index is 3.64. The molecule has 9 heavy (non-hydrogen) atoms. The third kappa shape index (κ3) is 180. The summed E-state index contributed by atoms with van der Waals surface area (Å²) in [5.74, 6) is 0.583. The summed E-state index contributed by atoms with van der Waals surface area (Å²) in [5, 5.41) is 0. The zero-order chi connectivity index (χ0) is 6.99. The Morgan fingerprint density at radius 3 is 1.44 bits per heavy atom. The van der Waals surface area contributed by atoms with E-state index >= 15 is 0 Å². The topological polar surface area (TPSA) is 0 Å². The first kappa shape index (κ1) is 16.2. The zero-order valence-corrected chi connectivity index (χ0v) is 8.27. The molecule has 0 rings (SSSR count). The predicted octanol–water partition coefficient (Wildman–Crippen LogP) is 2.49. The largest absolute Gasteiger partial charge is 2.00 e. The molecule has 50 valence electrons. The molecule has 0 amide bonds. The van der Waals surface area contributed by atoms with Crippen molar-refractivity contribution in [3.8, 4) is 0 Å². The average molecular weight is 137 g/mol. The molecule has 0 bridgehead atoms. The van der Waals surface area contributed by atoms with Crippen LogP contribution >= 0.6 is 0 Å². The molecule has 0 nitrogen and oxygen atoms in total. The van der Waals surface area contributed by atoms with E-state index in [1.54, 1.807) is 6.08 Å². The average Bonchev–Trinajstić information content (AvgIpc) is 1.65. The summed E-state index contributed by atoms with van der Waals surface area (Å²) in [7, 11) is 0. The number of allylic oxidation sites excluding steroid dienone is 2. The van der Waals surface area contributed by atoms with E-state index in [0.717, 1.165) is 0 Å². The van der Waals surface area contributed by atoms with Gasteiger partial charge in [0.2, 0.25) is 0 Å². The Hall–Kier alpha value is 0.376. The Bertz CT molecular complexity index is 39.8. The maximum Gasteiger partial charge on any atom is 2.00 e. The van der Waals surface area contributed by atoms with Crippen molar-refractivity contribution in [3.05, 3.63) is 26.0 Å². The number of hydrogen-bond acceptors (Lipinski definition) is 0. The Labute approximate surface area is 75.9 Å². The summed E-state index contributed by atoms with van der Waals surface area (Å²) < 4.78 is 0. The van der Waals surface area contributed by atoms with Crippen LogP contribution in [0.3, 0.4) is 0 Å². The minimum absolute atomic E-state index is 0. The normalized spacial score (nSPS) is 8.11. The van der Waals surface area contributed by atoms with Gasteiger partial charge >= 0.3 is 23.1 Å². The predicted molar refractivity (Wildman–Crippen MR) is 46.1 cm³/mol. The van der Waals surface area contributed by atoms with Crippen LogP contribution < -0.4 is 0 Å². The van der Waals surface area contributed by atoms with Crippen LogP contribution in [0.1, 0.15) is 20.8 Å². The van der Waals surface area contributed by atoms with Gasteiger partial charge in [-0.2, -0.15) is 5.92 Å². The first-order chi connectivity index (χ1) is 3.65. The van der Waals surface area contributed by atoms with Gasteiger partial charge in [0.15, 0.2) is 0 Å². The molecular formula is C8H16Mg. The van der Waals surface area contributed by atoms with E-state index in [0.29, 0.717) is 5.92 Å². The Kier molecular flexibility index (Phi) is 28.3. The van der Waals surface area contributed by atoms with Gasteiger partial charge in [-0.05, 0) is 0 Å². The molecule has 0 aromatic carbocycles. The van der Waals surface area contributed by atoms with Crippen molar-refractivity contribution < 1.29 is 0 Å². The summed E-state index contributed by atoms with van der Waals surface area (Å²) in [6.45, 7) is 13.1. The fraction of sp³-hybridized carbons (Fsp3) is 0.500. The summed E-state index contributed by atoms with van der Waals surface area (Å²) in [5.41, 5.74) is 0. The molecule has 1 heteroatoms. The number of hydrogen-bond donors (Lipinski definition) is 0. The van der Waals surface area contributed by atoms with Crippen LogP contribution in [-0.4, -0.2) is 23.1 Å².